The van der Waals surface area contributed by atoms with E-state index in [2.05, 4.69) is 5.32 Å². The summed E-state index contributed by atoms with van der Waals surface area (Å²) in [5.74, 6) is -0.859. The third-order valence-electron chi connectivity index (χ3n) is 7.03. The third-order valence-corrected chi connectivity index (χ3v) is 7.03. The zero-order chi connectivity index (χ0) is 24.6. The number of aliphatic hydroxyl groups excluding tert-OH is 1. The molecule has 0 aliphatic heterocycles. The fourth-order valence-corrected chi connectivity index (χ4v) is 5.08. The van der Waals surface area contributed by atoms with E-state index in [0.717, 1.165) is 28.8 Å². The van der Waals surface area contributed by atoms with Crippen LogP contribution < -0.4 is 11.1 Å². The van der Waals surface area contributed by atoms with Crippen LogP contribution in [0.1, 0.15) is 48.5 Å². The number of para-hydroxylation sites is 1. The Kier molecular flexibility index (Phi) is 8.45. The summed E-state index contributed by atoms with van der Waals surface area (Å²) in [6.45, 7) is 0. The molecule has 4 N–H and O–H groups in total. The number of rotatable bonds is 10. The molecular formula is C30H34N2O3. The van der Waals surface area contributed by atoms with Gasteiger partial charge in [-0.15, -0.1) is 0 Å². The van der Waals surface area contributed by atoms with Gasteiger partial charge in [-0.05, 0) is 54.9 Å². The van der Waals surface area contributed by atoms with Gasteiger partial charge in [-0.3, -0.25) is 9.59 Å². The van der Waals surface area contributed by atoms with E-state index in [9.17, 15) is 14.7 Å². The lowest BCUT2D eigenvalue weighted by atomic mass is 9.86. The first-order chi connectivity index (χ1) is 17.0. The Morgan fingerprint density at radius 1 is 0.886 bits per heavy atom. The summed E-state index contributed by atoms with van der Waals surface area (Å²) in [6.07, 6.45) is 3.33. The molecule has 1 fully saturated rings. The maximum atomic E-state index is 13.3. The van der Waals surface area contributed by atoms with E-state index in [0.29, 0.717) is 32.1 Å². The number of carbonyl (C=O) groups is 2. The molecule has 1 aliphatic rings. The average Bonchev–Trinajstić information content (AvgIpc) is 3.39. The van der Waals surface area contributed by atoms with Crippen LogP contribution in [0.15, 0.2) is 84.9 Å². The standard InChI is InChI=1S/C30H34N2O3/c31-26(20-21-10-3-1-4-11-21)29(34)24-15-9-16-25(24)30(35)32-27-17-8-7-12-22(27)18-19-28(33)23-13-5-2-6-14-23/h1-8,10-14,17,24-26,28,33H,9,15-16,18-20,31H2,(H,32,35). The van der Waals surface area contributed by atoms with Crippen molar-refractivity contribution in [2.24, 2.45) is 17.6 Å². The molecule has 5 nitrogen and oxygen atoms in total. The van der Waals surface area contributed by atoms with Gasteiger partial charge >= 0.3 is 0 Å². The Morgan fingerprint density at radius 2 is 1.51 bits per heavy atom. The average molecular weight is 471 g/mol. The van der Waals surface area contributed by atoms with Crippen LogP contribution in [0.4, 0.5) is 5.69 Å². The molecule has 5 heteroatoms. The Morgan fingerprint density at radius 3 is 2.26 bits per heavy atom. The number of amides is 1. The van der Waals surface area contributed by atoms with E-state index in [-0.39, 0.29) is 23.5 Å². The number of nitrogens with two attached hydrogens (primary N) is 1. The van der Waals surface area contributed by atoms with E-state index in [1.165, 1.54) is 0 Å². The number of hydrogen-bond donors (Lipinski definition) is 3. The van der Waals surface area contributed by atoms with Gasteiger partial charge in [0.05, 0.1) is 12.1 Å². The molecule has 0 heterocycles. The molecule has 0 aromatic heterocycles. The lowest BCUT2D eigenvalue weighted by molar-refractivity contribution is -0.130. The van der Waals surface area contributed by atoms with Crippen molar-refractivity contribution in [3.63, 3.8) is 0 Å². The first-order valence-electron chi connectivity index (χ1n) is 12.5. The van der Waals surface area contributed by atoms with Gasteiger partial charge in [-0.1, -0.05) is 85.3 Å². The summed E-state index contributed by atoms with van der Waals surface area (Å²) in [6, 6.07) is 26.4. The topological polar surface area (TPSA) is 92.4 Å². The van der Waals surface area contributed by atoms with Crippen molar-refractivity contribution < 1.29 is 14.7 Å². The Labute approximate surface area is 207 Å². The van der Waals surface area contributed by atoms with E-state index in [1.54, 1.807) is 0 Å². The summed E-state index contributed by atoms with van der Waals surface area (Å²) in [4.78, 5) is 26.4. The summed E-state index contributed by atoms with van der Waals surface area (Å²) < 4.78 is 0. The van der Waals surface area contributed by atoms with Crippen molar-refractivity contribution in [1.29, 1.82) is 0 Å². The quantitative estimate of drug-likeness (QED) is 0.395. The number of Topliss-reactive ketones (excluding diaryl/α,β-unsaturated/α-hetero) is 1. The van der Waals surface area contributed by atoms with Gasteiger partial charge in [0.1, 0.15) is 0 Å². The van der Waals surface area contributed by atoms with Crippen LogP contribution in [-0.2, 0) is 22.4 Å². The molecule has 0 bridgehead atoms. The lowest BCUT2D eigenvalue weighted by Gasteiger charge is -2.22. The highest BCUT2D eigenvalue weighted by atomic mass is 16.3. The van der Waals surface area contributed by atoms with Gasteiger partial charge in [-0.25, -0.2) is 0 Å². The number of aryl methyl sites for hydroxylation is 1. The minimum Gasteiger partial charge on any atom is -0.388 e. The van der Waals surface area contributed by atoms with E-state index in [1.807, 2.05) is 84.9 Å². The van der Waals surface area contributed by atoms with Crippen molar-refractivity contribution >= 4 is 17.4 Å². The predicted octanol–water partition coefficient (Wildman–Crippen LogP) is 4.85. The molecular weight excluding hydrogens is 436 g/mol. The first kappa shape index (κ1) is 24.8. The van der Waals surface area contributed by atoms with Gasteiger partial charge in [0.2, 0.25) is 5.91 Å². The molecule has 3 aromatic carbocycles. The molecule has 1 saturated carbocycles. The number of aliphatic hydroxyl groups is 1. The molecule has 4 atom stereocenters. The van der Waals surface area contributed by atoms with Crippen LogP contribution in [0, 0.1) is 11.8 Å². The Balaban J connectivity index is 1.38. The van der Waals surface area contributed by atoms with Crippen molar-refractivity contribution in [2.45, 2.75) is 50.7 Å². The highest BCUT2D eigenvalue weighted by molar-refractivity contribution is 5.98. The van der Waals surface area contributed by atoms with Gasteiger partial charge in [0, 0.05) is 17.5 Å². The number of ketones is 1. The van der Waals surface area contributed by atoms with Crippen molar-refractivity contribution in [3.05, 3.63) is 102 Å². The minimum atomic E-state index is -0.609. The van der Waals surface area contributed by atoms with Gasteiger partial charge in [0.25, 0.3) is 0 Å². The second kappa shape index (κ2) is 11.9. The van der Waals surface area contributed by atoms with E-state index >= 15 is 0 Å². The summed E-state index contributed by atoms with van der Waals surface area (Å²) in [5.41, 5.74) is 9.90. The van der Waals surface area contributed by atoms with Gasteiger partial charge in [-0.2, -0.15) is 0 Å². The van der Waals surface area contributed by atoms with E-state index in [4.69, 9.17) is 5.73 Å². The van der Waals surface area contributed by atoms with Gasteiger partial charge < -0.3 is 16.2 Å². The maximum absolute atomic E-state index is 13.3. The Bertz CT molecular complexity index is 1120. The fraction of sp³-hybridized carbons (Fsp3) is 0.333. The zero-order valence-corrected chi connectivity index (χ0v) is 20.0. The molecule has 182 valence electrons. The number of carbonyl (C=O) groups excluding carboxylic acids is 2. The van der Waals surface area contributed by atoms with Crippen molar-refractivity contribution in [2.75, 3.05) is 5.32 Å². The number of hydrogen-bond acceptors (Lipinski definition) is 4. The second-order valence-electron chi connectivity index (χ2n) is 9.45. The monoisotopic (exact) mass is 470 g/mol. The lowest BCUT2D eigenvalue weighted by Crippen LogP contribution is -2.41. The number of nitrogens with one attached hydrogen (secondary N) is 1. The summed E-state index contributed by atoms with van der Waals surface area (Å²) >= 11 is 0. The normalized spacial score (nSPS) is 19.1. The van der Waals surface area contributed by atoms with Gasteiger partial charge in [0.15, 0.2) is 5.78 Å². The van der Waals surface area contributed by atoms with Crippen molar-refractivity contribution in [1.82, 2.24) is 0 Å². The number of benzene rings is 3. The van der Waals surface area contributed by atoms with Crippen LogP contribution in [0.2, 0.25) is 0 Å². The molecule has 1 aliphatic carbocycles. The zero-order valence-electron chi connectivity index (χ0n) is 20.0. The summed E-state index contributed by atoms with van der Waals surface area (Å²) in [5, 5.41) is 13.6. The van der Waals surface area contributed by atoms with Crippen LogP contribution in [-0.4, -0.2) is 22.8 Å². The number of anilines is 1. The van der Waals surface area contributed by atoms with Crippen LogP contribution >= 0.6 is 0 Å². The largest absolute Gasteiger partial charge is 0.388 e. The maximum Gasteiger partial charge on any atom is 0.228 e. The first-order valence-corrected chi connectivity index (χ1v) is 12.5. The highest BCUT2D eigenvalue weighted by Gasteiger charge is 2.39. The molecule has 3 aromatic rings. The van der Waals surface area contributed by atoms with Crippen molar-refractivity contribution in [3.8, 4) is 0 Å². The third kappa shape index (κ3) is 6.44. The fourth-order valence-electron chi connectivity index (χ4n) is 5.08. The SMILES string of the molecule is NC(Cc1ccccc1)C(=O)C1CCCC1C(=O)Nc1ccccc1CCC(O)c1ccccc1. The smallest absolute Gasteiger partial charge is 0.228 e. The predicted molar refractivity (Wildman–Crippen MR) is 139 cm³/mol. The minimum absolute atomic E-state index is 0.0224. The van der Waals surface area contributed by atoms with Crippen LogP contribution in [0.3, 0.4) is 0 Å². The molecule has 0 spiro atoms. The highest BCUT2D eigenvalue weighted by Crippen LogP contribution is 2.35. The molecule has 1 amide bonds. The molecule has 0 radical (unpaired) electrons. The van der Waals surface area contributed by atoms with Crippen LogP contribution in [0.25, 0.3) is 0 Å². The molecule has 4 rings (SSSR count). The summed E-state index contributed by atoms with van der Waals surface area (Å²) in [7, 11) is 0. The second-order valence-corrected chi connectivity index (χ2v) is 9.45. The Hall–Kier alpha value is -3.28. The molecule has 4 unspecified atom stereocenters. The molecule has 0 saturated heterocycles. The van der Waals surface area contributed by atoms with Crippen LogP contribution in [0.5, 0.6) is 0 Å². The van der Waals surface area contributed by atoms with E-state index < -0.39 is 12.1 Å². The molecule has 35 heavy (non-hydrogen) atoms.